The SMILES string of the molecule is Cc1ccncc1C(=O)C1CC2CCC(C1)N2C. The van der Waals surface area contributed by atoms with Crippen molar-refractivity contribution in [1.82, 2.24) is 9.88 Å². The summed E-state index contributed by atoms with van der Waals surface area (Å²) < 4.78 is 0. The standard InChI is InChI=1S/C15H20N2O/c1-10-5-6-16-9-14(10)15(18)11-7-12-3-4-13(8-11)17(12)2/h5-6,9,11-13H,3-4,7-8H2,1-2H3. The lowest BCUT2D eigenvalue weighted by molar-refractivity contribution is 0.0766. The predicted octanol–water partition coefficient (Wildman–Crippen LogP) is 2.45. The fraction of sp³-hybridized carbons (Fsp3) is 0.600. The first kappa shape index (κ1) is 11.8. The molecule has 0 amide bonds. The van der Waals surface area contributed by atoms with Crippen LogP contribution in [0.5, 0.6) is 0 Å². The molecule has 0 saturated carbocycles. The van der Waals surface area contributed by atoms with E-state index in [1.165, 1.54) is 12.8 Å². The number of pyridine rings is 1. The van der Waals surface area contributed by atoms with Crippen molar-refractivity contribution in [2.45, 2.75) is 44.7 Å². The van der Waals surface area contributed by atoms with Crippen LogP contribution in [0.25, 0.3) is 0 Å². The van der Waals surface area contributed by atoms with Crippen molar-refractivity contribution < 1.29 is 4.79 Å². The van der Waals surface area contributed by atoms with Crippen molar-refractivity contribution >= 4 is 5.78 Å². The number of carbonyl (C=O) groups is 1. The molecule has 2 atom stereocenters. The molecule has 0 radical (unpaired) electrons. The van der Waals surface area contributed by atoms with Gasteiger partial charge in [-0.15, -0.1) is 0 Å². The third-order valence-electron chi connectivity index (χ3n) is 4.77. The molecule has 2 saturated heterocycles. The summed E-state index contributed by atoms with van der Waals surface area (Å²) in [5.41, 5.74) is 1.88. The van der Waals surface area contributed by atoms with Crippen LogP contribution in [0, 0.1) is 12.8 Å². The molecule has 96 valence electrons. The smallest absolute Gasteiger partial charge is 0.167 e. The maximum Gasteiger partial charge on any atom is 0.167 e. The van der Waals surface area contributed by atoms with Crippen molar-refractivity contribution in [2.24, 2.45) is 5.92 Å². The summed E-state index contributed by atoms with van der Waals surface area (Å²) in [5.74, 6) is 0.521. The van der Waals surface area contributed by atoms with E-state index >= 15 is 0 Å². The minimum Gasteiger partial charge on any atom is -0.300 e. The molecular formula is C15H20N2O. The molecule has 0 aromatic carbocycles. The third-order valence-corrected chi connectivity index (χ3v) is 4.77. The second kappa shape index (κ2) is 4.47. The number of carbonyl (C=O) groups excluding carboxylic acids is 1. The first-order valence-corrected chi connectivity index (χ1v) is 6.83. The number of aromatic nitrogens is 1. The van der Waals surface area contributed by atoms with Gasteiger partial charge in [0.15, 0.2) is 5.78 Å². The van der Waals surface area contributed by atoms with E-state index in [0.717, 1.165) is 24.0 Å². The van der Waals surface area contributed by atoms with Crippen molar-refractivity contribution in [3.63, 3.8) is 0 Å². The van der Waals surface area contributed by atoms with Crippen LogP contribution in [0.1, 0.15) is 41.6 Å². The van der Waals surface area contributed by atoms with Gasteiger partial charge in [-0.1, -0.05) is 0 Å². The molecule has 3 heterocycles. The first-order chi connectivity index (χ1) is 8.66. The van der Waals surface area contributed by atoms with E-state index in [9.17, 15) is 4.79 Å². The highest BCUT2D eigenvalue weighted by Crippen LogP contribution is 2.38. The van der Waals surface area contributed by atoms with Crippen LogP contribution in [-0.4, -0.2) is 34.8 Å². The Morgan fingerprint density at radius 2 is 2.00 bits per heavy atom. The van der Waals surface area contributed by atoms with Gasteiger partial charge in [-0.3, -0.25) is 9.78 Å². The average Bonchev–Trinajstić information content (AvgIpc) is 2.61. The highest BCUT2D eigenvalue weighted by molar-refractivity contribution is 5.99. The number of fused-ring (bicyclic) bond motifs is 2. The highest BCUT2D eigenvalue weighted by atomic mass is 16.1. The van der Waals surface area contributed by atoms with Crippen molar-refractivity contribution in [3.8, 4) is 0 Å². The molecule has 1 aromatic rings. The van der Waals surface area contributed by atoms with E-state index in [1.807, 2.05) is 13.0 Å². The van der Waals surface area contributed by atoms with E-state index in [1.54, 1.807) is 12.4 Å². The highest BCUT2D eigenvalue weighted by Gasteiger charge is 2.41. The van der Waals surface area contributed by atoms with E-state index < -0.39 is 0 Å². The molecule has 3 nitrogen and oxygen atoms in total. The number of aryl methyl sites for hydroxylation is 1. The van der Waals surface area contributed by atoms with E-state index in [-0.39, 0.29) is 5.92 Å². The maximum atomic E-state index is 12.6. The molecule has 3 rings (SSSR count). The predicted molar refractivity (Wildman–Crippen MR) is 70.6 cm³/mol. The summed E-state index contributed by atoms with van der Waals surface area (Å²) in [6.07, 6.45) is 8.07. The molecule has 0 spiro atoms. The minimum atomic E-state index is 0.210. The number of hydrogen-bond acceptors (Lipinski definition) is 3. The summed E-state index contributed by atoms with van der Waals surface area (Å²) in [5, 5.41) is 0. The topological polar surface area (TPSA) is 33.2 Å². The van der Waals surface area contributed by atoms with E-state index in [4.69, 9.17) is 0 Å². The fourth-order valence-electron chi connectivity index (χ4n) is 3.57. The Morgan fingerprint density at radius 1 is 1.33 bits per heavy atom. The molecule has 0 aliphatic carbocycles. The lowest BCUT2D eigenvalue weighted by Crippen LogP contribution is -2.42. The lowest BCUT2D eigenvalue weighted by Gasteiger charge is -2.35. The van der Waals surface area contributed by atoms with Crippen molar-refractivity contribution in [1.29, 1.82) is 0 Å². The molecule has 0 N–H and O–H groups in total. The van der Waals surface area contributed by atoms with Gasteiger partial charge in [0.2, 0.25) is 0 Å². The number of nitrogens with zero attached hydrogens (tertiary/aromatic N) is 2. The van der Waals surface area contributed by atoms with Gasteiger partial charge in [-0.25, -0.2) is 0 Å². The Bertz CT molecular complexity index is 457. The van der Waals surface area contributed by atoms with E-state index in [2.05, 4.69) is 16.9 Å². The van der Waals surface area contributed by atoms with Crippen LogP contribution in [0.2, 0.25) is 0 Å². The number of piperidine rings is 1. The summed E-state index contributed by atoms with van der Waals surface area (Å²) in [6, 6.07) is 3.17. The molecule has 2 unspecified atom stereocenters. The summed E-state index contributed by atoms with van der Waals surface area (Å²) in [7, 11) is 2.21. The van der Waals surface area contributed by atoms with Crippen LogP contribution in [0.3, 0.4) is 0 Å². The van der Waals surface area contributed by atoms with Gasteiger partial charge in [0.05, 0.1) is 0 Å². The zero-order chi connectivity index (χ0) is 12.7. The minimum absolute atomic E-state index is 0.210. The Morgan fingerprint density at radius 3 is 2.61 bits per heavy atom. The summed E-state index contributed by atoms with van der Waals surface area (Å²) >= 11 is 0. The molecule has 2 bridgehead atoms. The molecular weight excluding hydrogens is 224 g/mol. The number of Topliss-reactive ketones (excluding diaryl/α,β-unsaturated/α-hetero) is 1. The lowest BCUT2D eigenvalue weighted by atomic mass is 9.84. The first-order valence-electron chi connectivity index (χ1n) is 6.83. The van der Waals surface area contributed by atoms with Crippen LogP contribution >= 0.6 is 0 Å². The second-order valence-corrected chi connectivity index (χ2v) is 5.77. The van der Waals surface area contributed by atoms with Gasteiger partial charge in [-0.2, -0.15) is 0 Å². The average molecular weight is 244 g/mol. The van der Waals surface area contributed by atoms with Gasteiger partial charge in [0.1, 0.15) is 0 Å². The second-order valence-electron chi connectivity index (χ2n) is 5.77. The zero-order valence-electron chi connectivity index (χ0n) is 11.1. The summed E-state index contributed by atoms with van der Waals surface area (Å²) in [4.78, 5) is 19.2. The zero-order valence-corrected chi connectivity index (χ0v) is 11.1. The monoisotopic (exact) mass is 244 g/mol. The molecule has 18 heavy (non-hydrogen) atoms. The Hall–Kier alpha value is -1.22. The quantitative estimate of drug-likeness (QED) is 0.749. The Balaban J connectivity index is 1.81. The number of ketones is 1. The molecule has 3 heteroatoms. The number of rotatable bonds is 2. The van der Waals surface area contributed by atoms with Gasteiger partial charge >= 0.3 is 0 Å². The maximum absolute atomic E-state index is 12.6. The Labute approximate surface area is 108 Å². The molecule has 2 aliphatic rings. The van der Waals surface area contributed by atoms with Crippen molar-refractivity contribution in [2.75, 3.05) is 7.05 Å². The van der Waals surface area contributed by atoms with E-state index in [0.29, 0.717) is 17.9 Å². The molecule has 1 aromatic heterocycles. The van der Waals surface area contributed by atoms with Gasteiger partial charge in [0.25, 0.3) is 0 Å². The van der Waals surface area contributed by atoms with Crippen LogP contribution < -0.4 is 0 Å². The van der Waals surface area contributed by atoms with Crippen LogP contribution in [0.15, 0.2) is 18.5 Å². The van der Waals surface area contributed by atoms with Crippen molar-refractivity contribution in [3.05, 3.63) is 29.6 Å². The summed E-state index contributed by atoms with van der Waals surface area (Å²) in [6.45, 7) is 2.00. The molecule has 2 aliphatic heterocycles. The molecule has 2 fully saturated rings. The van der Waals surface area contributed by atoms with Gasteiger partial charge in [-0.05, 0) is 51.3 Å². The van der Waals surface area contributed by atoms with Crippen LogP contribution in [0.4, 0.5) is 0 Å². The normalized spacial score (nSPS) is 31.6. The van der Waals surface area contributed by atoms with Gasteiger partial charge in [0, 0.05) is 36.0 Å². The van der Waals surface area contributed by atoms with Crippen LogP contribution in [-0.2, 0) is 0 Å². The largest absolute Gasteiger partial charge is 0.300 e. The third kappa shape index (κ3) is 1.87. The van der Waals surface area contributed by atoms with Gasteiger partial charge < -0.3 is 4.90 Å². The Kier molecular flexibility index (Phi) is 2.94. The fourth-order valence-corrected chi connectivity index (χ4v) is 3.57. The number of hydrogen-bond donors (Lipinski definition) is 0.